The van der Waals surface area contributed by atoms with Gasteiger partial charge in [0.05, 0.1) is 10.5 Å². The minimum Gasteiger partial charge on any atom is -0.451 e. The van der Waals surface area contributed by atoms with Gasteiger partial charge in [0, 0.05) is 16.9 Å². The smallest absolute Gasteiger partial charge is 0.340 e. The number of hydrogen-bond acceptors (Lipinski definition) is 5. The van der Waals surface area contributed by atoms with Crippen LogP contribution in [0.1, 0.15) is 43.5 Å². The highest BCUT2D eigenvalue weighted by Crippen LogP contribution is 2.25. The van der Waals surface area contributed by atoms with Crippen molar-refractivity contribution in [1.82, 2.24) is 4.72 Å². The van der Waals surface area contributed by atoms with Crippen LogP contribution in [-0.4, -0.2) is 32.3 Å². The largest absolute Gasteiger partial charge is 0.451 e. The molecule has 0 heterocycles. The van der Waals surface area contributed by atoms with Crippen molar-refractivity contribution in [3.63, 3.8) is 0 Å². The number of nitrogens with one attached hydrogen (secondary N) is 1. The van der Waals surface area contributed by atoms with Crippen LogP contribution in [0.4, 0.5) is 0 Å². The summed E-state index contributed by atoms with van der Waals surface area (Å²) in [6, 6.07) is 3.85. The van der Waals surface area contributed by atoms with Crippen LogP contribution in [0.25, 0.3) is 0 Å². The van der Waals surface area contributed by atoms with Gasteiger partial charge in [0.15, 0.2) is 11.9 Å². The number of esters is 1. The number of sulfonamides is 1. The molecule has 0 radical (unpaired) electrons. The molecule has 8 heteroatoms. The number of ketones is 1. The molecule has 1 saturated carbocycles. The Labute approximate surface area is 143 Å². The molecule has 6 nitrogen and oxygen atoms in total. The normalized spacial score (nSPS) is 18.4. The van der Waals surface area contributed by atoms with Gasteiger partial charge in [-0.3, -0.25) is 4.79 Å². The number of hydrogen-bond donors (Lipinski definition) is 1. The van der Waals surface area contributed by atoms with Crippen LogP contribution in [0.5, 0.6) is 0 Å². The molecule has 0 aromatic heterocycles. The molecular formula is C15H18BrNO5S. The Morgan fingerprint density at radius 3 is 2.65 bits per heavy atom. The van der Waals surface area contributed by atoms with Gasteiger partial charge >= 0.3 is 5.97 Å². The maximum atomic E-state index is 12.2. The van der Waals surface area contributed by atoms with E-state index in [-0.39, 0.29) is 22.3 Å². The van der Waals surface area contributed by atoms with Crippen LogP contribution in [0.3, 0.4) is 0 Å². The lowest BCUT2D eigenvalue weighted by atomic mass is 10.2. The quantitative estimate of drug-likeness (QED) is 0.762. The summed E-state index contributed by atoms with van der Waals surface area (Å²) in [5, 5.41) is 0. The second kappa shape index (κ2) is 7.11. The van der Waals surface area contributed by atoms with E-state index in [9.17, 15) is 18.0 Å². The van der Waals surface area contributed by atoms with Gasteiger partial charge < -0.3 is 4.74 Å². The Morgan fingerprint density at radius 2 is 2.09 bits per heavy atom. The van der Waals surface area contributed by atoms with E-state index in [1.165, 1.54) is 18.2 Å². The van der Waals surface area contributed by atoms with E-state index in [4.69, 9.17) is 4.74 Å². The Kier molecular flexibility index (Phi) is 5.59. The van der Waals surface area contributed by atoms with Crippen molar-refractivity contribution in [2.24, 2.45) is 0 Å². The Bertz CT molecular complexity index is 729. The Hall–Kier alpha value is -1.25. The standard InChI is InChI=1S/C15H18BrNO5S/c1-9(2)17-23(20,21)10-6-7-12(16)11(8-10)15(19)22-14-5-3-4-13(14)18/h6-9,14,17H,3-5H2,1-2H3/t14-/m1/s1. The number of carbonyl (C=O) groups excluding carboxylic acids is 2. The molecule has 0 bridgehead atoms. The first-order valence-electron chi connectivity index (χ1n) is 7.26. The summed E-state index contributed by atoms with van der Waals surface area (Å²) >= 11 is 3.21. The highest BCUT2D eigenvalue weighted by Gasteiger charge is 2.29. The average Bonchev–Trinajstić information content (AvgIpc) is 2.83. The van der Waals surface area contributed by atoms with Crippen molar-refractivity contribution in [3.05, 3.63) is 28.2 Å². The third-order valence-electron chi connectivity index (χ3n) is 3.36. The van der Waals surface area contributed by atoms with Gasteiger partial charge in [-0.25, -0.2) is 17.9 Å². The molecule has 1 aromatic carbocycles. The number of rotatable bonds is 5. The van der Waals surface area contributed by atoms with E-state index >= 15 is 0 Å². The van der Waals surface area contributed by atoms with Crippen molar-refractivity contribution in [2.75, 3.05) is 0 Å². The van der Waals surface area contributed by atoms with E-state index in [0.717, 1.165) is 0 Å². The van der Waals surface area contributed by atoms with Crippen LogP contribution >= 0.6 is 15.9 Å². The van der Waals surface area contributed by atoms with Crippen LogP contribution < -0.4 is 4.72 Å². The number of carbonyl (C=O) groups is 2. The fourth-order valence-electron chi connectivity index (χ4n) is 2.31. The second-order valence-corrected chi connectivity index (χ2v) is 8.24. The fourth-order valence-corrected chi connectivity index (χ4v) is 3.99. The topological polar surface area (TPSA) is 89.5 Å². The van der Waals surface area contributed by atoms with E-state index in [1.807, 2.05) is 0 Å². The summed E-state index contributed by atoms with van der Waals surface area (Å²) < 4.78 is 32.5. The Morgan fingerprint density at radius 1 is 1.39 bits per heavy atom. The third kappa shape index (κ3) is 4.39. The van der Waals surface area contributed by atoms with Crippen LogP contribution in [0.2, 0.25) is 0 Å². The molecule has 1 aliphatic rings. The van der Waals surface area contributed by atoms with E-state index in [2.05, 4.69) is 20.7 Å². The maximum absolute atomic E-state index is 12.2. The number of ether oxygens (including phenoxy) is 1. The number of halogens is 1. The first kappa shape index (κ1) is 18.1. The first-order chi connectivity index (χ1) is 10.7. The van der Waals surface area contributed by atoms with E-state index in [0.29, 0.717) is 23.7 Å². The zero-order valence-corrected chi connectivity index (χ0v) is 15.2. The maximum Gasteiger partial charge on any atom is 0.340 e. The average molecular weight is 404 g/mol. The zero-order chi connectivity index (χ0) is 17.2. The van der Waals surface area contributed by atoms with E-state index in [1.54, 1.807) is 13.8 Å². The van der Waals surface area contributed by atoms with Gasteiger partial charge in [0.2, 0.25) is 10.0 Å². The summed E-state index contributed by atoms with van der Waals surface area (Å²) in [5.74, 6) is -0.807. The minimum absolute atomic E-state index is 0.0286. The lowest BCUT2D eigenvalue weighted by Gasteiger charge is -2.13. The van der Waals surface area contributed by atoms with Crippen molar-refractivity contribution >= 4 is 37.7 Å². The molecule has 0 aliphatic heterocycles. The minimum atomic E-state index is -3.72. The summed E-state index contributed by atoms with van der Waals surface area (Å²) in [7, 11) is -3.72. The molecule has 1 atom stereocenters. The molecular weight excluding hydrogens is 386 g/mol. The molecule has 1 aliphatic carbocycles. The third-order valence-corrected chi connectivity index (χ3v) is 5.70. The van der Waals surface area contributed by atoms with Crippen molar-refractivity contribution in [2.45, 2.75) is 50.2 Å². The zero-order valence-electron chi connectivity index (χ0n) is 12.8. The van der Waals surface area contributed by atoms with Crippen LogP contribution in [0, 0.1) is 0 Å². The van der Waals surface area contributed by atoms with Crippen molar-refractivity contribution in [3.8, 4) is 0 Å². The highest BCUT2D eigenvalue weighted by molar-refractivity contribution is 9.10. The second-order valence-electron chi connectivity index (χ2n) is 5.67. The van der Waals surface area contributed by atoms with Gasteiger partial charge in [-0.05, 0) is 60.8 Å². The fraction of sp³-hybridized carbons (Fsp3) is 0.467. The monoisotopic (exact) mass is 403 g/mol. The lowest BCUT2D eigenvalue weighted by molar-refractivity contribution is -0.124. The van der Waals surface area contributed by atoms with Crippen molar-refractivity contribution < 1.29 is 22.7 Å². The SMILES string of the molecule is CC(C)NS(=O)(=O)c1ccc(Br)c(C(=O)O[C@@H]2CCCC2=O)c1. The van der Waals surface area contributed by atoms with Crippen LogP contribution in [0.15, 0.2) is 27.6 Å². The predicted molar refractivity (Wildman–Crippen MR) is 87.7 cm³/mol. The molecule has 126 valence electrons. The van der Waals surface area contributed by atoms with Gasteiger partial charge in [0.1, 0.15) is 0 Å². The summed E-state index contributed by atoms with van der Waals surface area (Å²) in [6.45, 7) is 3.41. The molecule has 0 amide bonds. The van der Waals surface area contributed by atoms with Gasteiger partial charge in [0.25, 0.3) is 0 Å². The predicted octanol–water partition coefficient (Wildman–Crippen LogP) is 2.41. The van der Waals surface area contributed by atoms with Gasteiger partial charge in [-0.1, -0.05) is 0 Å². The Balaban J connectivity index is 2.26. The molecule has 0 saturated heterocycles. The molecule has 0 unspecified atom stereocenters. The highest BCUT2D eigenvalue weighted by atomic mass is 79.9. The summed E-state index contributed by atoms with van der Waals surface area (Å²) in [6.07, 6.45) is 0.884. The number of Topliss-reactive ketones (excluding diaryl/α,β-unsaturated/α-hetero) is 1. The molecule has 1 aromatic rings. The van der Waals surface area contributed by atoms with Gasteiger partial charge in [-0.2, -0.15) is 0 Å². The van der Waals surface area contributed by atoms with Crippen molar-refractivity contribution in [1.29, 1.82) is 0 Å². The van der Waals surface area contributed by atoms with E-state index < -0.39 is 22.1 Å². The molecule has 1 N–H and O–H groups in total. The first-order valence-corrected chi connectivity index (χ1v) is 9.54. The molecule has 1 fully saturated rings. The van der Waals surface area contributed by atoms with Gasteiger partial charge in [-0.15, -0.1) is 0 Å². The lowest BCUT2D eigenvalue weighted by Crippen LogP contribution is -2.30. The molecule has 23 heavy (non-hydrogen) atoms. The number of benzene rings is 1. The summed E-state index contributed by atoms with van der Waals surface area (Å²) in [4.78, 5) is 23.8. The molecule has 2 rings (SSSR count). The summed E-state index contributed by atoms with van der Waals surface area (Å²) in [5.41, 5.74) is 0.0799. The van der Waals surface area contributed by atoms with Crippen LogP contribution in [-0.2, 0) is 19.6 Å². The molecule has 0 spiro atoms.